The molecule has 0 unspecified atom stereocenters. The number of rotatable bonds is 6. The van der Waals surface area contributed by atoms with Crippen LogP contribution in [0, 0.1) is 0 Å². The van der Waals surface area contributed by atoms with Crippen LogP contribution in [-0.4, -0.2) is 53.3 Å². The number of hydrogen-bond donors (Lipinski definition) is 1. The molecule has 1 heterocycles. The zero-order chi connectivity index (χ0) is 16.4. The molecule has 1 fully saturated rings. The van der Waals surface area contributed by atoms with Gasteiger partial charge in [0.25, 0.3) is 0 Å². The van der Waals surface area contributed by atoms with E-state index in [9.17, 15) is 16.8 Å². The van der Waals surface area contributed by atoms with E-state index >= 15 is 0 Å². The molecule has 0 spiro atoms. The van der Waals surface area contributed by atoms with Gasteiger partial charge in [0.05, 0.1) is 28.8 Å². The Balaban J connectivity index is 2.32. The Hall–Kier alpha value is -1.12. The lowest BCUT2D eigenvalue weighted by molar-refractivity contribution is 0.414. The zero-order valence-corrected chi connectivity index (χ0v) is 14.3. The van der Waals surface area contributed by atoms with Crippen LogP contribution in [0.15, 0.2) is 29.2 Å². The lowest BCUT2D eigenvalue weighted by atomic mass is 10.2. The second kappa shape index (κ2) is 6.55. The first-order chi connectivity index (χ1) is 10.3. The molecule has 8 heteroatoms. The number of benzene rings is 1. The fourth-order valence-electron chi connectivity index (χ4n) is 2.58. The van der Waals surface area contributed by atoms with Crippen LogP contribution in [0.5, 0.6) is 5.75 Å². The third-order valence-corrected chi connectivity index (χ3v) is 7.91. The van der Waals surface area contributed by atoms with E-state index in [1.54, 1.807) is 12.1 Å². The standard InChI is InChI=1S/C14H21NO5S2/c1-3-8-15-13-9-21(16,17)10-14(13)22(18,19)12-6-4-11(20-2)5-7-12/h4-7,13-15H,3,8-10H2,1-2H3/t13-,14-/m1/s1. The predicted octanol–water partition coefficient (Wildman–Crippen LogP) is 0.634. The molecule has 0 aromatic heterocycles. The van der Waals surface area contributed by atoms with Crippen LogP contribution in [0.2, 0.25) is 0 Å². The first-order valence-corrected chi connectivity index (χ1v) is 10.5. The number of methoxy groups -OCH3 is 1. The summed E-state index contributed by atoms with van der Waals surface area (Å²) in [4.78, 5) is 0.124. The van der Waals surface area contributed by atoms with E-state index in [4.69, 9.17) is 4.74 Å². The van der Waals surface area contributed by atoms with E-state index in [0.29, 0.717) is 12.3 Å². The van der Waals surface area contributed by atoms with Crippen molar-refractivity contribution in [1.82, 2.24) is 5.32 Å². The molecule has 22 heavy (non-hydrogen) atoms. The molecule has 1 aromatic carbocycles. The minimum atomic E-state index is -3.71. The zero-order valence-electron chi connectivity index (χ0n) is 12.7. The van der Waals surface area contributed by atoms with Gasteiger partial charge in [-0.1, -0.05) is 6.92 Å². The third kappa shape index (κ3) is 3.61. The van der Waals surface area contributed by atoms with Gasteiger partial charge < -0.3 is 10.1 Å². The first kappa shape index (κ1) is 17.2. The second-order valence-electron chi connectivity index (χ2n) is 5.40. The minimum absolute atomic E-state index is 0.124. The Kier molecular flexibility index (Phi) is 5.14. The summed E-state index contributed by atoms with van der Waals surface area (Å²) < 4.78 is 54.2. The lowest BCUT2D eigenvalue weighted by Crippen LogP contribution is -2.43. The molecule has 1 aromatic rings. The fourth-order valence-corrected chi connectivity index (χ4v) is 7.30. The number of ether oxygens (including phenoxy) is 1. The summed E-state index contributed by atoms with van der Waals surface area (Å²) in [6.45, 7) is 2.54. The summed E-state index contributed by atoms with van der Waals surface area (Å²) in [6, 6.07) is 5.47. The Morgan fingerprint density at radius 1 is 1.23 bits per heavy atom. The van der Waals surface area contributed by atoms with Crippen LogP contribution in [0.1, 0.15) is 13.3 Å². The molecular weight excluding hydrogens is 326 g/mol. The number of nitrogens with one attached hydrogen (secondary N) is 1. The van der Waals surface area contributed by atoms with Gasteiger partial charge in [-0.05, 0) is 37.2 Å². The number of hydrogen-bond acceptors (Lipinski definition) is 6. The average molecular weight is 347 g/mol. The summed E-state index contributed by atoms with van der Waals surface area (Å²) >= 11 is 0. The van der Waals surface area contributed by atoms with E-state index in [2.05, 4.69) is 5.32 Å². The molecule has 1 saturated heterocycles. The molecule has 1 N–H and O–H groups in total. The van der Waals surface area contributed by atoms with Gasteiger partial charge in [0, 0.05) is 6.04 Å². The quantitative estimate of drug-likeness (QED) is 0.812. The van der Waals surface area contributed by atoms with Crippen LogP contribution in [0.4, 0.5) is 0 Å². The van der Waals surface area contributed by atoms with E-state index < -0.39 is 31.0 Å². The topological polar surface area (TPSA) is 89.5 Å². The molecule has 0 radical (unpaired) electrons. The van der Waals surface area contributed by atoms with E-state index in [0.717, 1.165) is 6.42 Å². The molecule has 0 aliphatic carbocycles. The van der Waals surface area contributed by atoms with Crippen LogP contribution >= 0.6 is 0 Å². The first-order valence-electron chi connectivity index (χ1n) is 7.12. The van der Waals surface area contributed by atoms with Gasteiger partial charge in [0.1, 0.15) is 5.75 Å². The smallest absolute Gasteiger partial charge is 0.183 e. The average Bonchev–Trinajstić information content (AvgIpc) is 2.81. The SMILES string of the molecule is CCCN[C@@H]1CS(=O)(=O)C[C@H]1S(=O)(=O)c1ccc(OC)cc1. The van der Waals surface area contributed by atoms with Crippen LogP contribution < -0.4 is 10.1 Å². The summed E-state index contributed by atoms with van der Waals surface area (Å²) in [5.41, 5.74) is 0. The minimum Gasteiger partial charge on any atom is -0.497 e. The molecule has 124 valence electrons. The molecule has 1 aliphatic rings. The highest BCUT2D eigenvalue weighted by molar-refractivity contribution is 7.96. The largest absolute Gasteiger partial charge is 0.497 e. The predicted molar refractivity (Wildman–Crippen MR) is 84.7 cm³/mol. The van der Waals surface area contributed by atoms with Crippen LogP contribution in [-0.2, 0) is 19.7 Å². The van der Waals surface area contributed by atoms with Gasteiger partial charge in [-0.3, -0.25) is 0 Å². The van der Waals surface area contributed by atoms with Gasteiger partial charge in [0.2, 0.25) is 0 Å². The molecule has 0 amide bonds. The molecule has 0 saturated carbocycles. The van der Waals surface area contributed by atoms with Gasteiger partial charge in [-0.25, -0.2) is 16.8 Å². The summed E-state index contributed by atoms with van der Waals surface area (Å²) in [6.07, 6.45) is 0.811. The monoisotopic (exact) mass is 347 g/mol. The van der Waals surface area contributed by atoms with E-state index in [1.165, 1.54) is 19.2 Å². The molecular formula is C14H21NO5S2. The van der Waals surface area contributed by atoms with Crippen molar-refractivity contribution < 1.29 is 21.6 Å². The molecule has 1 aliphatic heterocycles. The Bertz CT molecular complexity index is 710. The van der Waals surface area contributed by atoms with Crippen molar-refractivity contribution in [3.63, 3.8) is 0 Å². The summed E-state index contributed by atoms with van der Waals surface area (Å²) in [5.74, 6) is 0.0918. The maximum atomic E-state index is 12.8. The van der Waals surface area contributed by atoms with E-state index in [1.807, 2.05) is 6.92 Å². The van der Waals surface area contributed by atoms with Gasteiger partial charge >= 0.3 is 0 Å². The van der Waals surface area contributed by atoms with Crippen LogP contribution in [0.25, 0.3) is 0 Å². The van der Waals surface area contributed by atoms with Gasteiger partial charge in [-0.15, -0.1) is 0 Å². The van der Waals surface area contributed by atoms with Crippen molar-refractivity contribution in [2.75, 3.05) is 25.2 Å². The summed E-state index contributed by atoms with van der Waals surface area (Å²) in [5, 5.41) is 2.11. The maximum absolute atomic E-state index is 12.8. The fraction of sp³-hybridized carbons (Fsp3) is 0.571. The van der Waals surface area contributed by atoms with Crippen molar-refractivity contribution in [2.24, 2.45) is 0 Å². The molecule has 6 nitrogen and oxygen atoms in total. The van der Waals surface area contributed by atoms with Crippen molar-refractivity contribution >= 4 is 19.7 Å². The van der Waals surface area contributed by atoms with Crippen LogP contribution in [0.3, 0.4) is 0 Å². The van der Waals surface area contributed by atoms with Gasteiger partial charge in [0.15, 0.2) is 19.7 Å². The normalized spacial score (nSPS) is 24.3. The number of sulfone groups is 2. The van der Waals surface area contributed by atoms with Crippen molar-refractivity contribution in [1.29, 1.82) is 0 Å². The van der Waals surface area contributed by atoms with Crippen molar-refractivity contribution in [3.8, 4) is 5.75 Å². The van der Waals surface area contributed by atoms with Crippen molar-refractivity contribution in [3.05, 3.63) is 24.3 Å². The van der Waals surface area contributed by atoms with Crippen molar-refractivity contribution in [2.45, 2.75) is 29.5 Å². The Labute approximate surface area is 131 Å². The Morgan fingerprint density at radius 2 is 1.86 bits per heavy atom. The molecule has 0 bridgehead atoms. The highest BCUT2D eigenvalue weighted by Gasteiger charge is 2.45. The molecule has 2 atom stereocenters. The Morgan fingerprint density at radius 3 is 2.41 bits per heavy atom. The third-order valence-electron chi connectivity index (χ3n) is 3.74. The highest BCUT2D eigenvalue weighted by atomic mass is 32.2. The molecule has 2 rings (SSSR count). The second-order valence-corrected chi connectivity index (χ2v) is 9.72. The summed E-state index contributed by atoms with van der Waals surface area (Å²) in [7, 11) is -5.56. The van der Waals surface area contributed by atoms with Gasteiger partial charge in [-0.2, -0.15) is 0 Å². The maximum Gasteiger partial charge on any atom is 0.183 e. The highest BCUT2D eigenvalue weighted by Crippen LogP contribution is 2.27. The lowest BCUT2D eigenvalue weighted by Gasteiger charge is -2.19. The van der Waals surface area contributed by atoms with E-state index in [-0.39, 0.29) is 16.4 Å².